The molecule has 0 atom stereocenters. The summed E-state index contributed by atoms with van der Waals surface area (Å²) in [6, 6.07) is 30.1. The van der Waals surface area contributed by atoms with Gasteiger partial charge in [-0.15, -0.1) is 0 Å². The zero-order valence-electron chi connectivity index (χ0n) is 20.1. The summed E-state index contributed by atoms with van der Waals surface area (Å²) in [6.45, 7) is 8.89. The van der Waals surface area contributed by atoms with Gasteiger partial charge in [-0.3, -0.25) is 4.57 Å². The molecule has 0 fully saturated rings. The van der Waals surface area contributed by atoms with Crippen molar-refractivity contribution < 1.29 is 4.39 Å². The number of nitrogens with zero attached hydrogens (tertiary/aromatic N) is 2. The lowest BCUT2D eigenvalue weighted by Crippen LogP contribution is -2.09. The Labute approximate surface area is 200 Å². The summed E-state index contributed by atoms with van der Waals surface area (Å²) in [4.78, 5) is 4.92. The van der Waals surface area contributed by atoms with Gasteiger partial charge in [0.25, 0.3) is 0 Å². The predicted octanol–water partition coefficient (Wildman–Crippen LogP) is 8.75. The van der Waals surface area contributed by atoms with Crippen LogP contribution < -0.4 is 0 Å². The molecule has 1 heterocycles. The normalized spacial score (nSPS) is 11.6. The average Bonchev–Trinajstić information content (AvgIpc) is 3.23. The summed E-state index contributed by atoms with van der Waals surface area (Å²) >= 11 is 0. The van der Waals surface area contributed by atoms with Gasteiger partial charge in [-0.05, 0) is 70.5 Å². The molecule has 0 radical (unpaired) electrons. The predicted molar refractivity (Wildman–Crippen MR) is 140 cm³/mol. The molecule has 34 heavy (non-hydrogen) atoms. The van der Waals surface area contributed by atoms with Crippen molar-refractivity contribution >= 4 is 11.0 Å². The molecule has 0 spiro atoms. The Balaban J connectivity index is 1.90. The maximum absolute atomic E-state index is 15.0. The van der Waals surface area contributed by atoms with Crippen molar-refractivity contribution in [1.29, 1.82) is 0 Å². The third-order valence-electron chi connectivity index (χ3n) is 6.42. The van der Waals surface area contributed by atoms with Gasteiger partial charge in [0, 0.05) is 0 Å². The van der Waals surface area contributed by atoms with Gasteiger partial charge >= 0.3 is 0 Å². The molecule has 4 aromatic carbocycles. The van der Waals surface area contributed by atoms with Gasteiger partial charge in [-0.1, -0.05) is 82.3 Å². The molecule has 3 heteroatoms. The van der Waals surface area contributed by atoms with Gasteiger partial charge in [0.1, 0.15) is 11.6 Å². The Morgan fingerprint density at radius 2 is 1.26 bits per heavy atom. The summed E-state index contributed by atoms with van der Waals surface area (Å²) in [6.07, 6.45) is 0. The summed E-state index contributed by atoms with van der Waals surface area (Å²) in [7, 11) is 0. The first-order valence-corrected chi connectivity index (χ1v) is 11.9. The molecule has 0 saturated carbocycles. The molecule has 5 rings (SSSR count). The van der Waals surface area contributed by atoms with Crippen LogP contribution in [0.2, 0.25) is 0 Å². The molecular weight excluding hydrogens is 419 g/mol. The van der Waals surface area contributed by atoms with E-state index in [1.807, 2.05) is 36.4 Å². The third kappa shape index (κ3) is 3.81. The molecule has 5 aromatic rings. The van der Waals surface area contributed by atoms with E-state index in [1.165, 1.54) is 28.3 Å². The van der Waals surface area contributed by atoms with Crippen LogP contribution in [0.1, 0.15) is 50.7 Å². The Kier molecular flexibility index (Phi) is 5.79. The second kappa shape index (κ2) is 8.90. The first-order chi connectivity index (χ1) is 16.5. The van der Waals surface area contributed by atoms with Gasteiger partial charge in [0.05, 0.1) is 22.3 Å². The minimum atomic E-state index is -0.267. The van der Waals surface area contributed by atoms with Crippen LogP contribution in [-0.2, 0) is 0 Å². The lowest BCUT2D eigenvalue weighted by molar-refractivity contribution is 0.629. The van der Waals surface area contributed by atoms with Gasteiger partial charge in [0.2, 0.25) is 0 Å². The number of hydrogen-bond donors (Lipinski definition) is 0. The number of fused-ring (bicyclic) bond motifs is 1. The third-order valence-corrected chi connectivity index (χ3v) is 6.42. The summed E-state index contributed by atoms with van der Waals surface area (Å²) < 4.78 is 17.2. The molecule has 0 aliphatic carbocycles. The highest BCUT2D eigenvalue weighted by Gasteiger charge is 2.24. The van der Waals surface area contributed by atoms with Crippen molar-refractivity contribution in [3.05, 3.63) is 108 Å². The van der Waals surface area contributed by atoms with Gasteiger partial charge < -0.3 is 0 Å². The van der Waals surface area contributed by atoms with E-state index in [2.05, 4.69) is 74.7 Å². The molecule has 1 aromatic heterocycles. The molecule has 0 unspecified atom stereocenters. The number of hydrogen-bond acceptors (Lipinski definition) is 1. The average molecular weight is 449 g/mol. The lowest BCUT2D eigenvalue weighted by Gasteiger charge is -2.24. The molecule has 0 aliphatic heterocycles. The Morgan fingerprint density at radius 3 is 1.91 bits per heavy atom. The molecule has 170 valence electrons. The zero-order chi connectivity index (χ0) is 23.8. The fraction of sp³-hybridized carbons (Fsp3) is 0.194. The van der Waals surface area contributed by atoms with E-state index in [0.29, 0.717) is 11.4 Å². The minimum absolute atomic E-state index is 0.267. The van der Waals surface area contributed by atoms with Crippen molar-refractivity contribution in [2.45, 2.75) is 39.5 Å². The van der Waals surface area contributed by atoms with E-state index in [1.54, 1.807) is 6.07 Å². The van der Waals surface area contributed by atoms with Crippen LogP contribution in [0.3, 0.4) is 0 Å². The Hall–Kier alpha value is -3.72. The molecular formula is C31H29FN2. The smallest absolute Gasteiger partial charge is 0.148 e. The quantitative estimate of drug-likeness (QED) is 0.263. The largest absolute Gasteiger partial charge is 0.292 e. The summed E-state index contributed by atoms with van der Waals surface area (Å²) in [5, 5.41) is 0. The van der Waals surface area contributed by atoms with Crippen molar-refractivity contribution in [3.8, 4) is 28.2 Å². The maximum Gasteiger partial charge on any atom is 0.148 e. The number of benzene rings is 4. The molecule has 0 aliphatic rings. The summed E-state index contributed by atoms with van der Waals surface area (Å²) in [5.41, 5.74) is 8.31. The topological polar surface area (TPSA) is 17.8 Å². The highest BCUT2D eigenvalue weighted by molar-refractivity contribution is 5.85. The zero-order valence-corrected chi connectivity index (χ0v) is 20.1. The fourth-order valence-corrected chi connectivity index (χ4v) is 4.69. The van der Waals surface area contributed by atoms with E-state index < -0.39 is 0 Å². The molecule has 0 bridgehead atoms. The lowest BCUT2D eigenvalue weighted by atomic mass is 9.88. The van der Waals surface area contributed by atoms with Crippen molar-refractivity contribution in [2.24, 2.45) is 0 Å². The van der Waals surface area contributed by atoms with Gasteiger partial charge in [0.15, 0.2) is 0 Å². The van der Waals surface area contributed by atoms with Crippen LogP contribution in [-0.4, -0.2) is 9.55 Å². The van der Waals surface area contributed by atoms with E-state index in [4.69, 9.17) is 4.98 Å². The minimum Gasteiger partial charge on any atom is -0.292 e. The highest BCUT2D eigenvalue weighted by Crippen LogP contribution is 2.40. The monoisotopic (exact) mass is 448 g/mol. The van der Waals surface area contributed by atoms with Gasteiger partial charge in [-0.25, -0.2) is 9.37 Å². The second-order valence-corrected chi connectivity index (χ2v) is 9.42. The van der Waals surface area contributed by atoms with Crippen molar-refractivity contribution in [3.63, 3.8) is 0 Å². The Bertz CT molecular complexity index is 1430. The van der Waals surface area contributed by atoms with E-state index >= 15 is 4.39 Å². The van der Waals surface area contributed by atoms with Crippen LogP contribution in [0.15, 0.2) is 91.0 Å². The van der Waals surface area contributed by atoms with Crippen LogP contribution in [0, 0.1) is 5.82 Å². The SMILES string of the molecule is CC(C)c1cc(-c2ccccc2)cc(C(C)C)c1-n1c(-c2ccccc2F)nc2ccccc21. The Morgan fingerprint density at radius 1 is 0.676 bits per heavy atom. The number of halogens is 1. The second-order valence-electron chi connectivity index (χ2n) is 9.42. The summed E-state index contributed by atoms with van der Waals surface area (Å²) in [5.74, 6) is 0.907. The first-order valence-electron chi connectivity index (χ1n) is 11.9. The highest BCUT2D eigenvalue weighted by atomic mass is 19.1. The van der Waals surface area contributed by atoms with Gasteiger partial charge in [-0.2, -0.15) is 0 Å². The fourth-order valence-electron chi connectivity index (χ4n) is 4.69. The molecule has 0 N–H and O–H groups in total. The van der Waals surface area contributed by atoms with Crippen molar-refractivity contribution in [1.82, 2.24) is 9.55 Å². The number of para-hydroxylation sites is 2. The van der Waals surface area contributed by atoms with E-state index in [0.717, 1.165) is 16.7 Å². The molecule has 0 saturated heterocycles. The van der Waals surface area contributed by atoms with Crippen LogP contribution in [0.5, 0.6) is 0 Å². The number of rotatable bonds is 5. The molecule has 2 nitrogen and oxygen atoms in total. The van der Waals surface area contributed by atoms with Crippen LogP contribution >= 0.6 is 0 Å². The standard InChI is InChI=1S/C31H29FN2/c1-20(2)25-18-23(22-12-6-5-7-13-22)19-26(21(3)4)30(25)34-29-17-11-10-16-28(29)33-31(34)24-14-8-9-15-27(24)32/h5-21H,1-4H3. The van der Waals surface area contributed by atoms with E-state index in [-0.39, 0.29) is 17.7 Å². The maximum atomic E-state index is 15.0. The number of aromatic nitrogens is 2. The molecule has 0 amide bonds. The number of imidazole rings is 1. The first kappa shape index (κ1) is 22.1. The van der Waals surface area contributed by atoms with E-state index in [9.17, 15) is 0 Å². The van der Waals surface area contributed by atoms with Crippen molar-refractivity contribution in [2.75, 3.05) is 0 Å². The van der Waals surface area contributed by atoms with Crippen LogP contribution in [0.4, 0.5) is 4.39 Å². The van der Waals surface area contributed by atoms with Crippen LogP contribution in [0.25, 0.3) is 39.2 Å².